The van der Waals surface area contributed by atoms with E-state index in [-0.39, 0.29) is 6.42 Å². The maximum absolute atomic E-state index is 10.8. The summed E-state index contributed by atoms with van der Waals surface area (Å²) in [5, 5.41) is 17.8. The van der Waals surface area contributed by atoms with Crippen molar-refractivity contribution >= 4 is 16.9 Å². The topological polar surface area (TPSA) is 80.9 Å². The Bertz CT molecular complexity index is 795. The van der Waals surface area contributed by atoms with Crippen LogP contribution in [0.4, 0.5) is 0 Å². The van der Waals surface area contributed by atoms with Crippen LogP contribution >= 0.6 is 0 Å². The fourth-order valence-electron chi connectivity index (χ4n) is 2.11. The fourth-order valence-corrected chi connectivity index (χ4v) is 2.11. The van der Waals surface area contributed by atoms with E-state index in [4.69, 9.17) is 5.11 Å². The highest BCUT2D eigenvalue weighted by Gasteiger charge is 2.13. The number of hydrogen-bond acceptors (Lipinski definition) is 4. The zero-order chi connectivity index (χ0) is 14.1. The second-order valence-corrected chi connectivity index (χ2v) is 4.48. The van der Waals surface area contributed by atoms with Gasteiger partial charge in [0, 0.05) is 11.6 Å². The highest BCUT2D eigenvalue weighted by molar-refractivity contribution is 5.80. The fraction of sp³-hybridized carbons (Fsp3) is 0.143. The minimum absolute atomic E-state index is 0.124. The van der Waals surface area contributed by atoms with Crippen LogP contribution in [0.1, 0.15) is 11.4 Å². The van der Waals surface area contributed by atoms with Gasteiger partial charge in [0.05, 0.1) is 29.0 Å². The molecule has 0 saturated heterocycles. The largest absolute Gasteiger partial charge is 0.481 e. The third kappa shape index (κ3) is 2.11. The van der Waals surface area contributed by atoms with Crippen LogP contribution in [0.25, 0.3) is 16.6 Å². The Morgan fingerprint density at radius 2 is 2.20 bits per heavy atom. The van der Waals surface area contributed by atoms with Gasteiger partial charge in [-0.2, -0.15) is 0 Å². The first-order chi connectivity index (χ1) is 9.65. The summed E-state index contributed by atoms with van der Waals surface area (Å²) >= 11 is 0. The Labute approximate surface area is 114 Å². The quantitative estimate of drug-likeness (QED) is 0.782. The Kier molecular flexibility index (Phi) is 2.90. The van der Waals surface area contributed by atoms with Crippen molar-refractivity contribution in [3.63, 3.8) is 0 Å². The number of rotatable bonds is 3. The van der Waals surface area contributed by atoms with Crippen LogP contribution in [-0.4, -0.2) is 31.1 Å². The van der Waals surface area contributed by atoms with Crippen molar-refractivity contribution in [3.8, 4) is 5.69 Å². The monoisotopic (exact) mass is 268 g/mol. The summed E-state index contributed by atoms with van der Waals surface area (Å²) in [5.41, 5.74) is 2.95. The molecular formula is C14H12N4O2. The predicted octanol–water partition coefficient (Wildman–Crippen LogP) is 1.75. The highest BCUT2D eigenvalue weighted by atomic mass is 16.4. The first-order valence-electron chi connectivity index (χ1n) is 6.13. The summed E-state index contributed by atoms with van der Waals surface area (Å²) < 4.78 is 1.64. The van der Waals surface area contributed by atoms with Crippen LogP contribution in [0.2, 0.25) is 0 Å². The molecule has 100 valence electrons. The van der Waals surface area contributed by atoms with Gasteiger partial charge in [0.25, 0.3) is 0 Å². The zero-order valence-corrected chi connectivity index (χ0v) is 10.8. The summed E-state index contributed by atoms with van der Waals surface area (Å²) in [6.45, 7) is 1.81. The van der Waals surface area contributed by atoms with Crippen LogP contribution in [0.15, 0.2) is 36.5 Å². The first-order valence-corrected chi connectivity index (χ1v) is 6.13. The van der Waals surface area contributed by atoms with E-state index in [0.717, 1.165) is 22.3 Å². The summed E-state index contributed by atoms with van der Waals surface area (Å²) in [5.74, 6) is -0.914. The van der Waals surface area contributed by atoms with E-state index in [0.29, 0.717) is 5.69 Å². The van der Waals surface area contributed by atoms with Gasteiger partial charge >= 0.3 is 5.97 Å². The van der Waals surface area contributed by atoms with Crippen LogP contribution in [-0.2, 0) is 11.2 Å². The van der Waals surface area contributed by atoms with Gasteiger partial charge in [-0.1, -0.05) is 11.3 Å². The van der Waals surface area contributed by atoms with Crippen molar-refractivity contribution in [3.05, 3.63) is 47.9 Å². The number of aliphatic carboxylic acids is 1. The second kappa shape index (κ2) is 4.73. The molecule has 0 bridgehead atoms. The molecule has 2 aromatic heterocycles. The number of fused-ring (bicyclic) bond motifs is 1. The van der Waals surface area contributed by atoms with Gasteiger partial charge in [-0.25, -0.2) is 4.68 Å². The third-order valence-electron chi connectivity index (χ3n) is 3.14. The van der Waals surface area contributed by atoms with E-state index in [2.05, 4.69) is 15.3 Å². The van der Waals surface area contributed by atoms with Gasteiger partial charge in [0.2, 0.25) is 0 Å². The maximum atomic E-state index is 10.8. The summed E-state index contributed by atoms with van der Waals surface area (Å²) in [4.78, 5) is 15.0. The Balaban J connectivity index is 2.06. The molecule has 0 fully saturated rings. The number of carboxylic acids is 1. The molecule has 0 amide bonds. The number of carbonyl (C=O) groups is 1. The summed E-state index contributed by atoms with van der Waals surface area (Å²) in [6.07, 6.45) is 1.62. The molecule has 0 unspecified atom stereocenters. The average molecular weight is 268 g/mol. The lowest BCUT2D eigenvalue weighted by molar-refractivity contribution is -0.136. The number of pyridine rings is 1. The van der Waals surface area contributed by atoms with Crippen molar-refractivity contribution in [1.82, 2.24) is 20.0 Å². The minimum atomic E-state index is -0.914. The molecule has 1 N–H and O–H groups in total. The standard InChI is InChI=1S/C14H12N4O2/c1-9-13(8-14(19)20)16-17-18(9)11-4-5-12-10(7-11)3-2-6-15-12/h2-7H,8H2,1H3,(H,19,20). The van der Waals surface area contributed by atoms with Gasteiger partial charge in [-0.05, 0) is 31.2 Å². The molecule has 0 aliphatic rings. The first kappa shape index (κ1) is 12.3. The van der Waals surface area contributed by atoms with E-state index in [1.54, 1.807) is 10.9 Å². The van der Waals surface area contributed by atoms with E-state index in [9.17, 15) is 4.79 Å². The molecule has 0 radical (unpaired) electrons. The minimum Gasteiger partial charge on any atom is -0.481 e. The normalized spacial score (nSPS) is 10.8. The molecule has 6 heteroatoms. The van der Waals surface area contributed by atoms with Gasteiger partial charge in [0.15, 0.2) is 0 Å². The second-order valence-electron chi connectivity index (χ2n) is 4.48. The van der Waals surface area contributed by atoms with Crippen molar-refractivity contribution in [2.45, 2.75) is 13.3 Å². The average Bonchev–Trinajstić information content (AvgIpc) is 2.79. The van der Waals surface area contributed by atoms with Crippen LogP contribution in [0.3, 0.4) is 0 Å². The van der Waals surface area contributed by atoms with Crippen molar-refractivity contribution < 1.29 is 9.90 Å². The number of aromatic nitrogens is 4. The Morgan fingerprint density at radius 3 is 3.00 bits per heavy atom. The predicted molar refractivity (Wildman–Crippen MR) is 72.7 cm³/mol. The summed E-state index contributed by atoms with van der Waals surface area (Å²) in [6, 6.07) is 9.59. The van der Waals surface area contributed by atoms with Crippen LogP contribution < -0.4 is 0 Å². The van der Waals surface area contributed by atoms with Crippen molar-refractivity contribution in [2.75, 3.05) is 0 Å². The molecule has 2 heterocycles. The SMILES string of the molecule is Cc1c(CC(=O)O)nnn1-c1ccc2ncccc2c1. The molecule has 1 aromatic carbocycles. The molecule has 6 nitrogen and oxygen atoms in total. The molecule has 0 saturated carbocycles. The lowest BCUT2D eigenvalue weighted by Crippen LogP contribution is -2.03. The lowest BCUT2D eigenvalue weighted by atomic mass is 10.2. The van der Waals surface area contributed by atoms with Crippen LogP contribution in [0, 0.1) is 6.92 Å². The maximum Gasteiger partial charge on any atom is 0.309 e. The molecule has 3 rings (SSSR count). The van der Waals surface area contributed by atoms with Gasteiger partial charge < -0.3 is 5.11 Å². The van der Waals surface area contributed by atoms with Gasteiger partial charge in [-0.3, -0.25) is 9.78 Å². The third-order valence-corrected chi connectivity index (χ3v) is 3.14. The van der Waals surface area contributed by atoms with Crippen molar-refractivity contribution in [2.24, 2.45) is 0 Å². The van der Waals surface area contributed by atoms with Gasteiger partial charge in [-0.15, -0.1) is 5.10 Å². The molecule has 0 spiro atoms. The molecular weight excluding hydrogens is 256 g/mol. The molecule has 20 heavy (non-hydrogen) atoms. The molecule has 0 aliphatic heterocycles. The number of carboxylic acid groups (broad SMARTS) is 1. The van der Waals surface area contributed by atoms with Crippen molar-refractivity contribution in [1.29, 1.82) is 0 Å². The van der Waals surface area contributed by atoms with E-state index >= 15 is 0 Å². The number of benzene rings is 1. The summed E-state index contributed by atoms with van der Waals surface area (Å²) in [7, 11) is 0. The lowest BCUT2D eigenvalue weighted by Gasteiger charge is -2.05. The van der Waals surface area contributed by atoms with Gasteiger partial charge in [0.1, 0.15) is 0 Å². The molecule has 0 aliphatic carbocycles. The Hall–Kier alpha value is -2.76. The highest BCUT2D eigenvalue weighted by Crippen LogP contribution is 2.18. The van der Waals surface area contributed by atoms with E-state index < -0.39 is 5.97 Å². The number of hydrogen-bond donors (Lipinski definition) is 1. The Morgan fingerprint density at radius 1 is 1.35 bits per heavy atom. The number of nitrogens with zero attached hydrogens (tertiary/aromatic N) is 4. The van der Waals surface area contributed by atoms with E-state index in [1.165, 1.54) is 0 Å². The zero-order valence-electron chi connectivity index (χ0n) is 10.8. The van der Waals surface area contributed by atoms with E-state index in [1.807, 2.05) is 37.3 Å². The van der Waals surface area contributed by atoms with Crippen LogP contribution in [0.5, 0.6) is 0 Å². The smallest absolute Gasteiger partial charge is 0.309 e. The molecule has 3 aromatic rings. The molecule has 0 atom stereocenters.